The number of hydrogen-bond acceptors (Lipinski definition) is 6. The van der Waals surface area contributed by atoms with Gasteiger partial charge in [0.1, 0.15) is 16.1 Å². The number of primary amides is 1. The van der Waals surface area contributed by atoms with Crippen LogP contribution in [0.1, 0.15) is 18.4 Å². The van der Waals surface area contributed by atoms with Crippen LogP contribution in [0.2, 0.25) is 5.02 Å². The number of anilines is 1. The summed E-state index contributed by atoms with van der Waals surface area (Å²) in [5, 5.41) is 13.9. The average molecular weight is 505 g/mol. The second-order valence-corrected chi connectivity index (χ2v) is 9.76. The lowest BCUT2D eigenvalue weighted by Gasteiger charge is -2.27. The zero-order chi connectivity index (χ0) is 23.6. The number of likely N-dealkylation sites (tertiary alicyclic amines) is 1. The molecule has 2 aliphatic rings. The van der Waals surface area contributed by atoms with Crippen molar-refractivity contribution >= 4 is 63.9 Å². The first kappa shape index (κ1) is 24.6. The molecule has 0 bridgehead atoms. The predicted molar refractivity (Wildman–Crippen MR) is 122 cm³/mol. The number of carbonyl (C=O) groups excluding carboxylic acids is 3. The van der Waals surface area contributed by atoms with Crippen LogP contribution in [0.3, 0.4) is 0 Å². The number of halogens is 3. The molecule has 1 aromatic rings. The topological polar surface area (TPSA) is 138 Å². The van der Waals surface area contributed by atoms with E-state index in [4.69, 9.17) is 50.7 Å². The Hall–Kier alpha value is -2.07. The SMILES string of the molecule is COC1CCN(C(=O)CNc2cc(Cl)ccc2C(=N)C(N)=O)C1C(=O)NCC1CC1(Cl)Cl. The molecular weight excluding hydrogens is 481 g/mol. The minimum atomic E-state index is -0.908. The van der Waals surface area contributed by atoms with Gasteiger partial charge in [0, 0.05) is 42.4 Å². The standard InChI is InChI=1S/C20H24Cl3N5O4/c1-32-14-4-5-28(17(14)19(31)27-8-10-7-20(10,22)23)15(29)9-26-13-6-11(21)2-3-12(13)16(24)18(25)30/h2-3,6,10,14,17,24,26H,4-5,7-9H2,1H3,(H2,25,30)(H,27,31). The highest BCUT2D eigenvalue weighted by molar-refractivity contribution is 6.50. The summed E-state index contributed by atoms with van der Waals surface area (Å²) in [5.74, 6) is -1.62. The van der Waals surface area contributed by atoms with Crippen LogP contribution in [0.15, 0.2) is 18.2 Å². The molecule has 3 amide bonds. The van der Waals surface area contributed by atoms with Crippen molar-refractivity contribution in [2.45, 2.75) is 29.3 Å². The van der Waals surface area contributed by atoms with Crippen LogP contribution in [0.25, 0.3) is 0 Å². The van der Waals surface area contributed by atoms with Gasteiger partial charge in [0.15, 0.2) is 0 Å². The van der Waals surface area contributed by atoms with E-state index in [0.717, 1.165) is 0 Å². The maximum atomic E-state index is 13.0. The largest absolute Gasteiger partial charge is 0.379 e. The van der Waals surface area contributed by atoms with Crippen LogP contribution in [0.5, 0.6) is 0 Å². The second-order valence-electron chi connectivity index (χ2n) is 7.78. The number of benzene rings is 1. The molecule has 9 nitrogen and oxygen atoms in total. The van der Waals surface area contributed by atoms with E-state index in [-0.39, 0.29) is 29.8 Å². The second kappa shape index (κ2) is 9.82. The number of rotatable bonds is 9. The predicted octanol–water partition coefficient (Wildman–Crippen LogP) is 1.53. The van der Waals surface area contributed by atoms with E-state index in [1.54, 1.807) is 0 Å². The zero-order valence-corrected chi connectivity index (χ0v) is 19.6. The molecule has 0 aromatic heterocycles. The van der Waals surface area contributed by atoms with E-state index in [2.05, 4.69) is 10.6 Å². The Kier molecular flexibility index (Phi) is 7.54. The summed E-state index contributed by atoms with van der Waals surface area (Å²) in [6, 6.07) is 3.69. The maximum absolute atomic E-state index is 13.0. The number of methoxy groups -OCH3 is 1. The zero-order valence-electron chi connectivity index (χ0n) is 17.3. The summed E-state index contributed by atoms with van der Waals surface area (Å²) in [4.78, 5) is 38.6. The van der Waals surface area contributed by atoms with Crippen LogP contribution in [0.4, 0.5) is 5.69 Å². The lowest BCUT2D eigenvalue weighted by Crippen LogP contribution is -2.52. The molecule has 3 atom stereocenters. The molecule has 2 fully saturated rings. The molecule has 0 spiro atoms. The molecule has 1 aliphatic heterocycles. The first-order valence-corrected chi connectivity index (χ1v) is 11.1. The summed E-state index contributed by atoms with van der Waals surface area (Å²) in [6.45, 7) is 0.476. The lowest BCUT2D eigenvalue weighted by molar-refractivity contribution is -0.139. The van der Waals surface area contributed by atoms with Crippen molar-refractivity contribution in [3.05, 3.63) is 28.8 Å². The summed E-state index contributed by atoms with van der Waals surface area (Å²) < 4.78 is 4.61. The average Bonchev–Trinajstić information content (AvgIpc) is 3.15. The number of nitrogens with zero attached hydrogens (tertiary/aromatic N) is 1. The molecule has 174 valence electrons. The van der Waals surface area contributed by atoms with Gasteiger partial charge >= 0.3 is 0 Å². The fourth-order valence-corrected chi connectivity index (χ4v) is 4.41. The molecule has 32 heavy (non-hydrogen) atoms. The van der Waals surface area contributed by atoms with Gasteiger partial charge in [-0.25, -0.2) is 0 Å². The number of nitrogens with two attached hydrogens (primary N) is 1. The molecule has 1 heterocycles. The number of carbonyl (C=O) groups is 3. The Bertz CT molecular complexity index is 942. The minimum Gasteiger partial charge on any atom is -0.379 e. The third-order valence-corrected chi connectivity index (χ3v) is 6.80. The maximum Gasteiger partial charge on any atom is 0.267 e. The van der Waals surface area contributed by atoms with Gasteiger partial charge < -0.3 is 26.0 Å². The van der Waals surface area contributed by atoms with Crippen molar-refractivity contribution < 1.29 is 19.1 Å². The summed E-state index contributed by atoms with van der Waals surface area (Å²) in [5.41, 5.74) is 5.33. The van der Waals surface area contributed by atoms with Crippen molar-refractivity contribution in [1.29, 1.82) is 5.41 Å². The van der Waals surface area contributed by atoms with Crippen LogP contribution < -0.4 is 16.4 Å². The fraction of sp³-hybridized carbons (Fsp3) is 0.500. The minimum absolute atomic E-state index is 0.0233. The van der Waals surface area contributed by atoms with E-state index in [1.165, 1.54) is 30.2 Å². The number of hydrogen-bond donors (Lipinski definition) is 4. The van der Waals surface area contributed by atoms with E-state index < -0.39 is 28.1 Å². The third-order valence-electron chi connectivity index (χ3n) is 5.64. The van der Waals surface area contributed by atoms with E-state index >= 15 is 0 Å². The summed E-state index contributed by atoms with van der Waals surface area (Å²) in [7, 11) is 1.49. The molecule has 1 aliphatic carbocycles. The Morgan fingerprint density at radius 3 is 2.62 bits per heavy atom. The van der Waals surface area contributed by atoms with Crippen molar-refractivity contribution in [3.8, 4) is 0 Å². The summed E-state index contributed by atoms with van der Waals surface area (Å²) >= 11 is 18.0. The van der Waals surface area contributed by atoms with E-state index in [1.807, 2.05) is 0 Å². The normalized spacial score (nSPS) is 23.5. The number of ether oxygens (including phenoxy) is 1. The highest BCUT2D eigenvalue weighted by atomic mass is 35.5. The Labute approximate surface area is 200 Å². The van der Waals surface area contributed by atoms with Crippen molar-refractivity contribution in [2.24, 2.45) is 11.7 Å². The lowest BCUT2D eigenvalue weighted by atomic mass is 10.1. The Balaban J connectivity index is 1.67. The van der Waals surface area contributed by atoms with Crippen LogP contribution in [0, 0.1) is 11.3 Å². The smallest absolute Gasteiger partial charge is 0.267 e. The Morgan fingerprint density at radius 1 is 1.34 bits per heavy atom. The van der Waals surface area contributed by atoms with Gasteiger partial charge in [-0.1, -0.05) is 11.6 Å². The van der Waals surface area contributed by atoms with E-state index in [9.17, 15) is 14.4 Å². The van der Waals surface area contributed by atoms with Gasteiger partial charge in [0.05, 0.1) is 12.6 Å². The van der Waals surface area contributed by atoms with Gasteiger partial charge in [0.25, 0.3) is 5.91 Å². The number of nitrogens with one attached hydrogen (secondary N) is 3. The quantitative estimate of drug-likeness (QED) is 0.298. The molecule has 5 N–H and O–H groups in total. The highest BCUT2D eigenvalue weighted by Gasteiger charge is 2.52. The summed E-state index contributed by atoms with van der Waals surface area (Å²) in [6.07, 6.45) is 0.663. The van der Waals surface area contributed by atoms with Gasteiger partial charge in [-0.15, -0.1) is 23.2 Å². The Morgan fingerprint density at radius 2 is 2.03 bits per heavy atom. The van der Waals surface area contributed by atoms with Gasteiger partial charge in [-0.2, -0.15) is 0 Å². The van der Waals surface area contributed by atoms with Crippen molar-refractivity contribution in [2.75, 3.05) is 32.1 Å². The highest BCUT2D eigenvalue weighted by Crippen LogP contribution is 2.52. The molecule has 1 saturated heterocycles. The third kappa shape index (κ3) is 5.46. The molecule has 1 saturated carbocycles. The number of amides is 3. The molecular formula is C20H24Cl3N5O4. The van der Waals surface area contributed by atoms with Crippen molar-refractivity contribution in [1.82, 2.24) is 10.2 Å². The molecule has 3 unspecified atom stereocenters. The van der Waals surface area contributed by atoms with Gasteiger partial charge in [-0.3, -0.25) is 19.8 Å². The first-order chi connectivity index (χ1) is 15.0. The van der Waals surface area contributed by atoms with Gasteiger partial charge in [0.2, 0.25) is 11.8 Å². The van der Waals surface area contributed by atoms with E-state index in [0.29, 0.717) is 36.6 Å². The molecule has 12 heteroatoms. The first-order valence-electron chi connectivity index (χ1n) is 9.95. The monoisotopic (exact) mass is 503 g/mol. The molecule has 1 aromatic carbocycles. The fourth-order valence-electron chi connectivity index (χ4n) is 3.71. The number of alkyl halides is 2. The van der Waals surface area contributed by atoms with Crippen LogP contribution in [-0.4, -0.2) is 71.6 Å². The van der Waals surface area contributed by atoms with Gasteiger partial charge in [-0.05, 0) is 31.0 Å². The molecule has 3 rings (SSSR count). The van der Waals surface area contributed by atoms with Crippen LogP contribution >= 0.6 is 34.8 Å². The molecule has 0 radical (unpaired) electrons. The van der Waals surface area contributed by atoms with Crippen LogP contribution in [-0.2, 0) is 19.1 Å². The van der Waals surface area contributed by atoms with Crippen molar-refractivity contribution in [3.63, 3.8) is 0 Å².